The van der Waals surface area contributed by atoms with Gasteiger partial charge in [0.2, 0.25) is 0 Å². The summed E-state index contributed by atoms with van der Waals surface area (Å²) >= 11 is 0. The Balaban J connectivity index is 1.86. The highest BCUT2D eigenvalue weighted by Crippen LogP contribution is 2.36. The van der Waals surface area contributed by atoms with Crippen molar-refractivity contribution in [3.63, 3.8) is 0 Å². The first-order valence-electron chi connectivity index (χ1n) is 10.2. The fourth-order valence-corrected chi connectivity index (χ4v) is 3.72. The van der Waals surface area contributed by atoms with Crippen molar-refractivity contribution >= 4 is 23.4 Å². The molecular weight excluding hydrogens is 354 g/mol. The summed E-state index contributed by atoms with van der Waals surface area (Å²) in [4.78, 5) is 36.3. The van der Waals surface area contributed by atoms with Crippen LogP contribution in [0.25, 0.3) is 0 Å². The van der Waals surface area contributed by atoms with Crippen LogP contribution >= 0.6 is 0 Å². The van der Waals surface area contributed by atoms with Crippen molar-refractivity contribution in [1.29, 1.82) is 0 Å². The number of hydrogen-bond acceptors (Lipinski definition) is 3. The van der Waals surface area contributed by atoms with Crippen LogP contribution in [-0.4, -0.2) is 30.3 Å². The first-order chi connectivity index (χ1) is 13.2. The highest BCUT2D eigenvalue weighted by Gasteiger charge is 2.29. The number of amides is 3. The van der Waals surface area contributed by atoms with Crippen molar-refractivity contribution in [2.24, 2.45) is 11.3 Å². The minimum absolute atomic E-state index is 0.0470. The Morgan fingerprint density at radius 3 is 2.25 bits per heavy atom. The first kappa shape index (κ1) is 21.9. The van der Waals surface area contributed by atoms with Crippen LogP contribution in [0.1, 0.15) is 70.2 Å². The molecule has 1 aromatic rings. The van der Waals surface area contributed by atoms with E-state index in [0.29, 0.717) is 23.7 Å². The molecule has 0 heterocycles. The number of anilines is 1. The summed E-state index contributed by atoms with van der Waals surface area (Å²) in [6.45, 7) is 9.20. The third kappa shape index (κ3) is 6.36. The smallest absolute Gasteiger partial charge is 0.313 e. The van der Waals surface area contributed by atoms with Crippen LogP contribution in [-0.2, 0) is 9.59 Å². The van der Waals surface area contributed by atoms with E-state index in [1.807, 2.05) is 6.92 Å². The highest BCUT2D eigenvalue weighted by atomic mass is 16.2. The largest absolute Gasteiger partial charge is 0.352 e. The molecule has 1 aliphatic rings. The zero-order valence-electron chi connectivity index (χ0n) is 17.4. The molecule has 0 saturated heterocycles. The lowest BCUT2D eigenvalue weighted by atomic mass is 9.76. The Morgan fingerprint density at radius 1 is 0.964 bits per heavy atom. The Bertz CT molecular complexity index is 692. The van der Waals surface area contributed by atoms with E-state index in [2.05, 4.69) is 36.7 Å². The normalized spacial score (nSPS) is 20.0. The SMILES string of the molecule is CCNC(=O)c1ccc(NC(=O)C(=O)NC2CCCC(C(C)(C)C)CC2)cc1. The van der Waals surface area contributed by atoms with Gasteiger partial charge < -0.3 is 16.0 Å². The van der Waals surface area contributed by atoms with E-state index >= 15 is 0 Å². The van der Waals surface area contributed by atoms with Gasteiger partial charge in [0.15, 0.2) is 0 Å². The Labute approximate surface area is 167 Å². The highest BCUT2D eigenvalue weighted by molar-refractivity contribution is 6.39. The van der Waals surface area contributed by atoms with E-state index in [1.165, 1.54) is 6.42 Å². The standard InChI is InChI=1S/C22H33N3O3/c1-5-23-19(26)15-9-12-18(13-10-15)25-21(28)20(27)24-17-8-6-7-16(11-14-17)22(2,3)4/h9-10,12-13,16-17H,5-8,11,14H2,1-4H3,(H,23,26)(H,24,27)(H,25,28). The lowest BCUT2D eigenvalue weighted by molar-refractivity contribution is -0.136. The summed E-state index contributed by atoms with van der Waals surface area (Å²) in [5, 5.41) is 8.19. The van der Waals surface area contributed by atoms with Crippen LogP contribution in [0.15, 0.2) is 24.3 Å². The number of carbonyl (C=O) groups is 3. The second-order valence-corrected chi connectivity index (χ2v) is 8.63. The summed E-state index contributed by atoms with van der Waals surface area (Å²) in [5.74, 6) is -0.805. The second-order valence-electron chi connectivity index (χ2n) is 8.63. The van der Waals surface area contributed by atoms with Crippen molar-refractivity contribution in [1.82, 2.24) is 10.6 Å². The van der Waals surface area contributed by atoms with Gasteiger partial charge in [0, 0.05) is 23.8 Å². The predicted molar refractivity (Wildman–Crippen MR) is 111 cm³/mol. The monoisotopic (exact) mass is 387 g/mol. The molecule has 0 spiro atoms. The number of hydrogen-bond donors (Lipinski definition) is 3. The summed E-state index contributed by atoms with van der Waals surface area (Å²) in [7, 11) is 0. The molecule has 154 valence electrons. The van der Waals surface area contributed by atoms with E-state index in [0.717, 1.165) is 25.7 Å². The maximum absolute atomic E-state index is 12.3. The molecule has 0 aromatic heterocycles. The van der Waals surface area contributed by atoms with Gasteiger partial charge >= 0.3 is 11.8 Å². The van der Waals surface area contributed by atoms with Crippen molar-refractivity contribution < 1.29 is 14.4 Å². The van der Waals surface area contributed by atoms with Crippen molar-refractivity contribution in [2.75, 3.05) is 11.9 Å². The molecule has 28 heavy (non-hydrogen) atoms. The molecule has 1 aliphatic carbocycles. The van der Waals surface area contributed by atoms with Gasteiger partial charge in [0.25, 0.3) is 5.91 Å². The van der Waals surface area contributed by atoms with Gasteiger partial charge in [-0.15, -0.1) is 0 Å². The van der Waals surface area contributed by atoms with Crippen molar-refractivity contribution in [3.05, 3.63) is 29.8 Å². The Kier molecular flexibility index (Phi) is 7.61. The van der Waals surface area contributed by atoms with Gasteiger partial charge in [-0.3, -0.25) is 14.4 Å². The van der Waals surface area contributed by atoms with Gasteiger partial charge in [-0.25, -0.2) is 0 Å². The van der Waals surface area contributed by atoms with Gasteiger partial charge in [0.05, 0.1) is 0 Å². The second kappa shape index (κ2) is 9.71. The average molecular weight is 388 g/mol. The predicted octanol–water partition coefficient (Wildman–Crippen LogP) is 3.49. The van der Waals surface area contributed by atoms with E-state index in [9.17, 15) is 14.4 Å². The summed E-state index contributed by atoms with van der Waals surface area (Å²) in [5.41, 5.74) is 1.27. The number of nitrogens with one attached hydrogen (secondary N) is 3. The molecule has 0 radical (unpaired) electrons. The lowest BCUT2D eigenvalue weighted by Gasteiger charge is -2.29. The van der Waals surface area contributed by atoms with Crippen LogP contribution in [0.2, 0.25) is 0 Å². The molecule has 3 amide bonds. The minimum atomic E-state index is -0.678. The average Bonchev–Trinajstić information content (AvgIpc) is 2.88. The fraction of sp³-hybridized carbons (Fsp3) is 0.591. The minimum Gasteiger partial charge on any atom is -0.352 e. The fourth-order valence-electron chi connectivity index (χ4n) is 3.72. The van der Waals surface area contributed by atoms with Crippen LogP contribution in [0.5, 0.6) is 0 Å². The summed E-state index contributed by atoms with van der Waals surface area (Å²) in [6, 6.07) is 6.53. The number of benzene rings is 1. The quantitative estimate of drug-likeness (QED) is 0.546. The Hall–Kier alpha value is -2.37. The van der Waals surface area contributed by atoms with Gasteiger partial charge in [-0.1, -0.05) is 27.2 Å². The molecular formula is C22H33N3O3. The molecule has 1 saturated carbocycles. The van der Waals surface area contributed by atoms with Crippen LogP contribution < -0.4 is 16.0 Å². The molecule has 2 unspecified atom stereocenters. The third-order valence-corrected chi connectivity index (χ3v) is 5.48. The van der Waals surface area contributed by atoms with Crippen LogP contribution in [0, 0.1) is 11.3 Å². The van der Waals surface area contributed by atoms with Crippen LogP contribution in [0.4, 0.5) is 5.69 Å². The molecule has 1 fully saturated rings. The maximum atomic E-state index is 12.3. The molecule has 2 atom stereocenters. The molecule has 6 heteroatoms. The van der Waals surface area contributed by atoms with Crippen molar-refractivity contribution in [3.8, 4) is 0 Å². The molecule has 2 rings (SSSR count). The molecule has 0 aliphatic heterocycles. The zero-order chi connectivity index (χ0) is 20.7. The summed E-state index contributed by atoms with van der Waals surface area (Å²) in [6.07, 6.45) is 5.11. The van der Waals surface area contributed by atoms with E-state index < -0.39 is 11.8 Å². The number of rotatable bonds is 4. The molecule has 0 bridgehead atoms. The lowest BCUT2D eigenvalue weighted by Crippen LogP contribution is -2.41. The van der Waals surface area contributed by atoms with Gasteiger partial charge in [-0.2, -0.15) is 0 Å². The maximum Gasteiger partial charge on any atom is 0.313 e. The first-order valence-corrected chi connectivity index (χ1v) is 10.2. The van der Waals surface area contributed by atoms with Crippen LogP contribution in [0.3, 0.4) is 0 Å². The molecule has 6 nitrogen and oxygen atoms in total. The third-order valence-electron chi connectivity index (χ3n) is 5.48. The van der Waals surface area contributed by atoms with E-state index in [1.54, 1.807) is 24.3 Å². The molecule has 1 aromatic carbocycles. The van der Waals surface area contributed by atoms with Crippen molar-refractivity contribution in [2.45, 2.75) is 65.8 Å². The molecule has 3 N–H and O–H groups in total. The Morgan fingerprint density at radius 2 is 1.64 bits per heavy atom. The van der Waals surface area contributed by atoms with E-state index in [4.69, 9.17) is 0 Å². The zero-order valence-corrected chi connectivity index (χ0v) is 17.4. The number of carbonyl (C=O) groups excluding carboxylic acids is 3. The topological polar surface area (TPSA) is 87.3 Å². The van der Waals surface area contributed by atoms with Gasteiger partial charge in [0.1, 0.15) is 0 Å². The van der Waals surface area contributed by atoms with Gasteiger partial charge in [-0.05, 0) is 68.2 Å². The van der Waals surface area contributed by atoms with E-state index in [-0.39, 0.29) is 17.4 Å². The summed E-state index contributed by atoms with van der Waals surface area (Å²) < 4.78 is 0.